The van der Waals surface area contributed by atoms with E-state index in [4.69, 9.17) is 0 Å². The second-order valence-corrected chi connectivity index (χ2v) is 6.78. The first kappa shape index (κ1) is 15.6. The van der Waals surface area contributed by atoms with Crippen LogP contribution in [0.3, 0.4) is 0 Å². The predicted octanol–water partition coefficient (Wildman–Crippen LogP) is 3.44. The van der Waals surface area contributed by atoms with Crippen molar-refractivity contribution in [2.75, 3.05) is 13.1 Å². The Labute approximate surface area is 148 Å². The average molecular weight is 349 g/mol. The van der Waals surface area contributed by atoms with Crippen LogP contribution in [0.25, 0.3) is 21.3 Å². The third-order valence-corrected chi connectivity index (χ3v) is 4.86. The van der Waals surface area contributed by atoms with E-state index in [0.29, 0.717) is 13.1 Å². The summed E-state index contributed by atoms with van der Waals surface area (Å²) >= 11 is 1.55. The number of nitrogens with zero attached hydrogens (tertiary/aromatic N) is 4. The Kier molecular flexibility index (Phi) is 4.30. The van der Waals surface area contributed by atoms with Crippen LogP contribution in [0.2, 0.25) is 0 Å². The van der Waals surface area contributed by atoms with Crippen LogP contribution in [0, 0.1) is 0 Å². The molecule has 0 saturated heterocycles. The summed E-state index contributed by atoms with van der Waals surface area (Å²) in [7, 11) is 0. The molecule has 6 nitrogen and oxygen atoms in total. The van der Waals surface area contributed by atoms with Crippen molar-refractivity contribution in [2.24, 2.45) is 15.4 Å². The van der Waals surface area contributed by atoms with Crippen molar-refractivity contribution in [1.82, 2.24) is 10.3 Å². The maximum Gasteiger partial charge on any atom is 0.227 e. The quantitative estimate of drug-likeness (QED) is 0.766. The Morgan fingerprint density at radius 2 is 2.00 bits per heavy atom. The van der Waals surface area contributed by atoms with Crippen molar-refractivity contribution in [2.45, 2.75) is 6.42 Å². The van der Waals surface area contributed by atoms with Crippen LogP contribution in [0.5, 0.6) is 0 Å². The van der Waals surface area contributed by atoms with Gasteiger partial charge in [0.1, 0.15) is 11.6 Å². The molecule has 1 aromatic heterocycles. The van der Waals surface area contributed by atoms with Crippen LogP contribution < -0.4 is 5.32 Å². The molecular weight excluding hydrogens is 334 g/mol. The van der Waals surface area contributed by atoms with Gasteiger partial charge in [0.05, 0.1) is 28.9 Å². The Hall–Kier alpha value is -2.93. The third kappa shape index (κ3) is 3.61. The van der Waals surface area contributed by atoms with Crippen molar-refractivity contribution in [3.05, 3.63) is 53.5 Å². The number of carbonyl (C=O) groups excluding carboxylic acids is 1. The van der Waals surface area contributed by atoms with E-state index in [1.54, 1.807) is 11.3 Å². The number of hydrogen-bond acceptors (Lipinski definition) is 6. The molecule has 2 aromatic carbocycles. The second-order valence-electron chi connectivity index (χ2n) is 5.66. The van der Waals surface area contributed by atoms with Crippen LogP contribution >= 0.6 is 11.3 Å². The van der Waals surface area contributed by atoms with Crippen LogP contribution in [0.1, 0.15) is 5.01 Å². The summed E-state index contributed by atoms with van der Waals surface area (Å²) in [5.74, 6) is -0.0723. The number of hydrogen-bond donors (Lipinski definition) is 1. The topological polar surface area (TPSA) is 79.1 Å². The Bertz CT molecular complexity index is 978. The van der Waals surface area contributed by atoms with E-state index in [-0.39, 0.29) is 12.3 Å². The zero-order valence-corrected chi connectivity index (χ0v) is 14.2. The number of thiazole rings is 1. The Balaban J connectivity index is 1.46. The molecule has 1 N–H and O–H groups in total. The minimum atomic E-state index is -0.0723. The number of benzene rings is 2. The van der Waals surface area contributed by atoms with E-state index in [2.05, 4.69) is 50.0 Å². The summed E-state index contributed by atoms with van der Waals surface area (Å²) in [6.45, 7) is 0.846. The summed E-state index contributed by atoms with van der Waals surface area (Å²) in [4.78, 5) is 16.6. The van der Waals surface area contributed by atoms with E-state index in [0.717, 1.165) is 26.5 Å². The maximum absolute atomic E-state index is 12.1. The summed E-state index contributed by atoms with van der Waals surface area (Å²) < 4.78 is 1.09. The molecule has 7 heteroatoms. The van der Waals surface area contributed by atoms with Gasteiger partial charge in [-0.2, -0.15) is 5.11 Å². The highest BCUT2D eigenvalue weighted by molar-refractivity contribution is 7.18. The molecule has 124 valence electrons. The number of aromatic nitrogens is 1. The normalized spacial score (nSPS) is 13.2. The molecule has 0 saturated carbocycles. The summed E-state index contributed by atoms with van der Waals surface area (Å²) in [5.41, 5.74) is 4.01. The Morgan fingerprint density at radius 3 is 2.80 bits per heavy atom. The van der Waals surface area contributed by atoms with Crippen molar-refractivity contribution < 1.29 is 4.79 Å². The zero-order chi connectivity index (χ0) is 17.1. The molecule has 1 aliphatic heterocycles. The van der Waals surface area contributed by atoms with Gasteiger partial charge in [0.15, 0.2) is 0 Å². The number of amides is 1. The first-order chi connectivity index (χ1) is 12.3. The maximum atomic E-state index is 12.1. The minimum Gasteiger partial charge on any atom is -0.350 e. The van der Waals surface area contributed by atoms with Gasteiger partial charge >= 0.3 is 0 Å². The molecule has 0 unspecified atom stereocenters. The lowest BCUT2D eigenvalue weighted by molar-refractivity contribution is -0.120. The molecule has 1 aliphatic rings. The van der Waals surface area contributed by atoms with Crippen LogP contribution in [0.4, 0.5) is 0 Å². The monoisotopic (exact) mass is 349 g/mol. The molecule has 4 rings (SSSR count). The average Bonchev–Trinajstić information content (AvgIpc) is 3.29. The smallest absolute Gasteiger partial charge is 0.227 e. The second kappa shape index (κ2) is 6.90. The lowest BCUT2D eigenvalue weighted by atomic mass is 10.1. The number of nitrogens with one attached hydrogen (secondary N) is 1. The fourth-order valence-electron chi connectivity index (χ4n) is 2.59. The lowest BCUT2D eigenvalue weighted by Crippen LogP contribution is -2.31. The molecule has 0 aliphatic carbocycles. The predicted molar refractivity (Wildman–Crippen MR) is 98.9 cm³/mol. The molecule has 0 radical (unpaired) electrons. The lowest BCUT2D eigenvalue weighted by Gasteiger charge is -2.01. The van der Waals surface area contributed by atoms with Crippen LogP contribution in [0.15, 0.2) is 64.0 Å². The molecule has 0 spiro atoms. The van der Waals surface area contributed by atoms with E-state index in [1.165, 1.54) is 5.56 Å². The SMILES string of the molecule is O=C(Cc1nc2ccc(-c3ccccc3)cc2s1)NCC1=NN=NC1. The van der Waals surface area contributed by atoms with Crippen molar-refractivity contribution in [3.8, 4) is 11.1 Å². The first-order valence-electron chi connectivity index (χ1n) is 7.92. The van der Waals surface area contributed by atoms with Crippen molar-refractivity contribution >= 4 is 33.2 Å². The van der Waals surface area contributed by atoms with Crippen LogP contribution in [-0.2, 0) is 11.2 Å². The fourth-order valence-corrected chi connectivity index (χ4v) is 3.59. The first-order valence-corrected chi connectivity index (χ1v) is 8.73. The highest BCUT2D eigenvalue weighted by Gasteiger charge is 2.11. The summed E-state index contributed by atoms with van der Waals surface area (Å²) in [6.07, 6.45) is 0.265. The van der Waals surface area contributed by atoms with Crippen molar-refractivity contribution in [3.63, 3.8) is 0 Å². The van der Waals surface area contributed by atoms with E-state index < -0.39 is 0 Å². The number of carbonyl (C=O) groups is 1. The van der Waals surface area contributed by atoms with E-state index in [9.17, 15) is 4.79 Å². The molecule has 3 aromatic rings. The minimum absolute atomic E-state index is 0.0723. The molecular formula is C18H15N5OS. The molecule has 0 fully saturated rings. The largest absolute Gasteiger partial charge is 0.350 e. The molecule has 1 amide bonds. The molecule has 25 heavy (non-hydrogen) atoms. The Morgan fingerprint density at radius 1 is 1.12 bits per heavy atom. The van der Waals surface area contributed by atoms with Gasteiger partial charge in [-0.05, 0) is 28.5 Å². The van der Waals surface area contributed by atoms with E-state index in [1.807, 2.05) is 24.3 Å². The molecule has 2 heterocycles. The number of fused-ring (bicyclic) bond motifs is 1. The molecule has 0 bridgehead atoms. The highest BCUT2D eigenvalue weighted by Crippen LogP contribution is 2.28. The van der Waals surface area contributed by atoms with Gasteiger partial charge in [-0.1, -0.05) is 36.4 Å². The zero-order valence-electron chi connectivity index (χ0n) is 13.3. The van der Waals surface area contributed by atoms with Crippen LogP contribution in [-0.4, -0.2) is 29.7 Å². The summed E-state index contributed by atoms with van der Waals surface area (Å²) in [5, 5.41) is 14.8. The van der Waals surface area contributed by atoms with Gasteiger partial charge in [0, 0.05) is 0 Å². The van der Waals surface area contributed by atoms with Gasteiger partial charge < -0.3 is 5.32 Å². The van der Waals surface area contributed by atoms with Gasteiger partial charge in [0.25, 0.3) is 0 Å². The number of rotatable bonds is 5. The van der Waals surface area contributed by atoms with Crippen molar-refractivity contribution in [1.29, 1.82) is 0 Å². The third-order valence-electron chi connectivity index (χ3n) is 3.84. The van der Waals surface area contributed by atoms with Gasteiger partial charge in [-0.25, -0.2) is 4.98 Å². The molecule has 0 atom stereocenters. The van der Waals surface area contributed by atoms with Gasteiger partial charge in [-0.3, -0.25) is 4.79 Å². The van der Waals surface area contributed by atoms with Gasteiger partial charge in [-0.15, -0.1) is 16.4 Å². The standard InChI is InChI=1S/C18H15N5OS/c24-17(19-10-14-11-20-23-22-14)9-18-21-15-7-6-13(8-16(15)25-18)12-4-2-1-3-5-12/h1-8H,9-11H2,(H,19,24). The highest BCUT2D eigenvalue weighted by atomic mass is 32.1. The fraction of sp³-hybridized carbons (Fsp3) is 0.167. The summed E-state index contributed by atoms with van der Waals surface area (Å²) in [6, 6.07) is 16.4. The van der Waals surface area contributed by atoms with Gasteiger partial charge in [0.2, 0.25) is 5.91 Å². The van der Waals surface area contributed by atoms with E-state index >= 15 is 0 Å².